The van der Waals surface area contributed by atoms with E-state index in [1.165, 1.54) is 15.6 Å². The monoisotopic (exact) mass is 422 g/mol. The van der Waals surface area contributed by atoms with Crippen LogP contribution in [0.1, 0.15) is 12.5 Å². The molecule has 3 heterocycles. The van der Waals surface area contributed by atoms with Gasteiger partial charge in [0.1, 0.15) is 5.82 Å². The Labute approximate surface area is 168 Å². The van der Waals surface area contributed by atoms with E-state index in [1.54, 1.807) is 13.1 Å². The molecule has 9 heteroatoms. The average Bonchev–Trinajstić information content (AvgIpc) is 3.29. The third-order valence-electron chi connectivity index (χ3n) is 4.33. The summed E-state index contributed by atoms with van der Waals surface area (Å²) in [6, 6.07) is 11.5. The first-order valence-electron chi connectivity index (χ1n) is 8.34. The molecule has 3 aromatic rings. The molecular weight excluding hydrogens is 404 g/mol. The normalized spacial score (nSPS) is 13.1. The summed E-state index contributed by atoms with van der Waals surface area (Å²) in [6.45, 7) is 2.19. The van der Waals surface area contributed by atoms with E-state index in [9.17, 15) is 8.42 Å². The van der Waals surface area contributed by atoms with E-state index >= 15 is 0 Å². The van der Waals surface area contributed by atoms with Crippen LogP contribution in [0.5, 0.6) is 0 Å². The molecular formula is C18H19ClN4O2S2. The van der Waals surface area contributed by atoms with Crippen LogP contribution >= 0.6 is 23.7 Å². The van der Waals surface area contributed by atoms with Crippen molar-refractivity contribution in [2.75, 3.05) is 21.9 Å². The molecule has 1 aromatic carbocycles. The Balaban J connectivity index is 0.00000210. The molecule has 0 fully saturated rings. The van der Waals surface area contributed by atoms with Crippen molar-refractivity contribution in [3.8, 4) is 11.3 Å². The molecule has 0 saturated heterocycles. The molecule has 1 aliphatic rings. The lowest BCUT2D eigenvalue weighted by molar-refractivity contribution is 0.593. The van der Waals surface area contributed by atoms with Gasteiger partial charge in [-0.05, 0) is 43.2 Å². The van der Waals surface area contributed by atoms with Gasteiger partial charge in [-0.15, -0.1) is 23.7 Å². The van der Waals surface area contributed by atoms with Crippen LogP contribution in [0.4, 0.5) is 16.6 Å². The van der Waals surface area contributed by atoms with Crippen LogP contribution in [0.3, 0.4) is 0 Å². The number of nitrogens with zero attached hydrogens (tertiary/aromatic N) is 3. The van der Waals surface area contributed by atoms with Crippen LogP contribution in [0.2, 0.25) is 0 Å². The van der Waals surface area contributed by atoms with Gasteiger partial charge in [0.2, 0.25) is 10.0 Å². The number of halogens is 1. The van der Waals surface area contributed by atoms with Gasteiger partial charge < -0.3 is 5.32 Å². The van der Waals surface area contributed by atoms with E-state index in [4.69, 9.17) is 0 Å². The zero-order chi connectivity index (χ0) is 18.1. The number of fused-ring (bicyclic) bond motifs is 1. The summed E-state index contributed by atoms with van der Waals surface area (Å²) in [5.74, 6) is 0.866. The summed E-state index contributed by atoms with van der Waals surface area (Å²) in [4.78, 5) is 8.86. The van der Waals surface area contributed by atoms with Crippen molar-refractivity contribution in [3.05, 3.63) is 53.5 Å². The second kappa shape index (κ2) is 7.84. The Morgan fingerprint density at radius 1 is 1.26 bits per heavy atom. The minimum absolute atomic E-state index is 0. The minimum Gasteiger partial charge on any atom is -0.316 e. The summed E-state index contributed by atoms with van der Waals surface area (Å²) >= 11 is 1.51. The van der Waals surface area contributed by atoms with E-state index in [0.29, 0.717) is 6.54 Å². The summed E-state index contributed by atoms with van der Waals surface area (Å²) in [5.41, 5.74) is 3.70. The number of rotatable bonds is 5. The van der Waals surface area contributed by atoms with E-state index < -0.39 is 10.0 Å². The maximum Gasteiger partial charge on any atom is 0.234 e. The molecule has 0 aliphatic carbocycles. The maximum atomic E-state index is 12.2. The Bertz CT molecular complexity index is 1040. The van der Waals surface area contributed by atoms with Crippen LogP contribution in [0.15, 0.2) is 48.0 Å². The smallest absolute Gasteiger partial charge is 0.234 e. The standard InChI is InChI=1S/C18H18N4O2S2.ClH/c1-2-26(23,24)22-10-8-14-11-13(6-7-16(14)22)15-12-25-18(20-15)21-17-5-3-4-9-19-17;/h3-7,9,11-12H,2,8,10H2,1H3,(H,19,20,21);1H. The highest BCUT2D eigenvalue weighted by Crippen LogP contribution is 2.35. The van der Waals surface area contributed by atoms with E-state index in [-0.39, 0.29) is 18.2 Å². The second-order valence-corrected chi connectivity index (χ2v) is 8.98. The fourth-order valence-corrected chi connectivity index (χ4v) is 4.87. The second-order valence-electron chi connectivity index (χ2n) is 5.94. The molecule has 0 amide bonds. The molecule has 142 valence electrons. The molecule has 0 unspecified atom stereocenters. The summed E-state index contributed by atoms with van der Waals surface area (Å²) in [6.07, 6.45) is 2.46. The number of thiazole rings is 1. The van der Waals surface area contributed by atoms with Crippen LogP contribution in [0.25, 0.3) is 11.3 Å². The first-order chi connectivity index (χ1) is 12.6. The first kappa shape index (κ1) is 19.6. The first-order valence-corrected chi connectivity index (χ1v) is 10.8. The largest absolute Gasteiger partial charge is 0.316 e. The quantitative estimate of drug-likeness (QED) is 0.670. The molecule has 6 nitrogen and oxygen atoms in total. The van der Waals surface area contributed by atoms with Crippen LogP contribution in [0, 0.1) is 0 Å². The number of anilines is 3. The lowest BCUT2D eigenvalue weighted by Gasteiger charge is -2.18. The number of sulfonamides is 1. The summed E-state index contributed by atoms with van der Waals surface area (Å²) < 4.78 is 25.9. The predicted octanol–water partition coefficient (Wildman–Crippen LogP) is 4.08. The van der Waals surface area contributed by atoms with Crippen LogP contribution in [-0.4, -0.2) is 30.7 Å². The Kier molecular flexibility index (Phi) is 5.69. The molecule has 4 rings (SSSR count). The molecule has 0 bridgehead atoms. The van der Waals surface area contributed by atoms with Crippen molar-refractivity contribution >= 4 is 50.4 Å². The predicted molar refractivity (Wildman–Crippen MR) is 113 cm³/mol. The topological polar surface area (TPSA) is 75.2 Å². The van der Waals surface area contributed by atoms with Gasteiger partial charge in [0.15, 0.2) is 5.13 Å². The maximum absolute atomic E-state index is 12.2. The number of benzene rings is 1. The lowest BCUT2D eigenvalue weighted by Crippen LogP contribution is -2.30. The fourth-order valence-electron chi connectivity index (χ4n) is 2.99. The van der Waals surface area contributed by atoms with Crippen molar-refractivity contribution < 1.29 is 8.42 Å². The highest BCUT2D eigenvalue weighted by molar-refractivity contribution is 7.92. The van der Waals surface area contributed by atoms with Gasteiger partial charge >= 0.3 is 0 Å². The summed E-state index contributed by atoms with van der Waals surface area (Å²) in [7, 11) is -3.22. The fraction of sp³-hybridized carbons (Fsp3) is 0.222. The Morgan fingerprint density at radius 2 is 2.11 bits per heavy atom. The number of aromatic nitrogens is 2. The zero-order valence-corrected chi connectivity index (χ0v) is 17.1. The van der Waals surface area contributed by atoms with Gasteiger partial charge in [-0.1, -0.05) is 12.1 Å². The molecule has 0 atom stereocenters. The van der Waals surface area contributed by atoms with Gasteiger partial charge in [-0.2, -0.15) is 0 Å². The highest BCUT2D eigenvalue weighted by Gasteiger charge is 2.28. The number of hydrogen-bond donors (Lipinski definition) is 1. The number of hydrogen-bond acceptors (Lipinski definition) is 6. The van der Waals surface area contributed by atoms with E-state index in [1.807, 2.05) is 41.8 Å². The molecule has 27 heavy (non-hydrogen) atoms. The van der Waals surface area contributed by atoms with Crippen LogP contribution in [-0.2, 0) is 16.4 Å². The average molecular weight is 423 g/mol. The number of nitrogens with one attached hydrogen (secondary N) is 1. The molecule has 1 N–H and O–H groups in total. The Morgan fingerprint density at radius 3 is 2.85 bits per heavy atom. The van der Waals surface area contributed by atoms with Gasteiger partial charge in [-0.25, -0.2) is 18.4 Å². The van der Waals surface area contributed by atoms with Crippen molar-refractivity contribution in [3.63, 3.8) is 0 Å². The van der Waals surface area contributed by atoms with E-state index in [2.05, 4.69) is 15.3 Å². The van der Waals surface area contributed by atoms with Gasteiger partial charge in [0.05, 0.1) is 17.1 Å². The third kappa shape index (κ3) is 3.92. The summed E-state index contributed by atoms with van der Waals surface area (Å²) in [5, 5.41) is 5.95. The lowest BCUT2D eigenvalue weighted by atomic mass is 10.1. The molecule has 0 spiro atoms. The molecule has 0 radical (unpaired) electrons. The molecule has 1 aliphatic heterocycles. The van der Waals surface area contributed by atoms with Crippen molar-refractivity contribution in [2.45, 2.75) is 13.3 Å². The SMILES string of the molecule is CCS(=O)(=O)N1CCc2cc(-c3csc(Nc4ccccn4)n3)ccc21.Cl. The van der Waals surface area contributed by atoms with Gasteiger partial charge in [0, 0.05) is 23.7 Å². The third-order valence-corrected chi connectivity index (χ3v) is 6.87. The number of pyridine rings is 1. The Hall–Kier alpha value is -2.16. The molecule has 0 saturated carbocycles. The zero-order valence-electron chi connectivity index (χ0n) is 14.6. The van der Waals surface area contributed by atoms with Gasteiger partial charge in [-0.3, -0.25) is 4.31 Å². The van der Waals surface area contributed by atoms with Crippen LogP contribution < -0.4 is 9.62 Å². The van der Waals surface area contributed by atoms with E-state index in [0.717, 1.165) is 39.9 Å². The molecule has 2 aromatic heterocycles. The van der Waals surface area contributed by atoms with Crippen molar-refractivity contribution in [1.29, 1.82) is 0 Å². The van der Waals surface area contributed by atoms with Crippen molar-refractivity contribution in [2.24, 2.45) is 0 Å². The minimum atomic E-state index is -3.22. The van der Waals surface area contributed by atoms with Gasteiger partial charge in [0.25, 0.3) is 0 Å². The van der Waals surface area contributed by atoms with Crippen molar-refractivity contribution in [1.82, 2.24) is 9.97 Å². The highest BCUT2D eigenvalue weighted by atomic mass is 35.5.